The zero-order chi connectivity index (χ0) is 22.7. The van der Waals surface area contributed by atoms with Crippen LogP contribution in [-0.2, 0) is 10.0 Å². The number of nitrogens with one attached hydrogen (secondary N) is 3. The zero-order valence-electron chi connectivity index (χ0n) is 17.1. The van der Waals surface area contributed by atoms with E-state index < -0.39 is 10.0 Å². The Bertz CT molecular complexity index is 1230. The number of fused-ring (bicyclic) bond motifs is 1. The van der Waals surface area contributed by atoms with Crippen LogP contribution in [0, 0.1) is 0 Å². The van der Waals surface area contributed by atoms with Crippen LogP contribution >= 0.6 is 28.1 Å². The van der Waals surface area contributed by atoms with Gasteiger partial charge in [0.05, 0.1) is 29.1 Å². The number of hydrogen-bond acceptors (Lipinski definition) is 6. The van der Waals surface area contributed by atoms with Crippen LogP contribution in [0.5, 0.6) is 0 Å². The summed E-state index contributed by atoms with van der Waals surface area (Å²) in [6.07, 6.45) is 6.57. The molecule has 0 radical (unpaired) electrons. The Morgan fingerprint density at radius 1 is 1.22 bits per heavy atom. The Morgan fingerprint density at radius 2 is 2.00 bits per heavy atom. The van der Waals surface area contributed by atoms with Crippen molar-refractivity contribution in [1.82, 2.24) is 14.3 Å². The van der Waals surface area contributed by atoms with Crippen LogP contribution in [0.3, 0.4) is 0 Å². The minimum Gasteiger partial charge on any atom is -0.351 e. The van der Waals surface area contributed by atoms with Gasteiger partial charge in [-0.15, -0.1) is 0 Å². The average molecular weight is 533 g/mol. The normalized spacial score (nSPS) is 15.9. The highest BCUT2D eigenvalue weighted by atomic mass is 79.9. The first-order chi connectivity index (χ1) is 15.3. The lowest BCUT2D eigenvalue weighted by molar-refractivity contribution is 0.0952. The number of carbonyl (C=O) groups is 1. The smallest absolute Gasteiger partial charge is 0.264 e. The van der Waals surface area contributed by atoms with Crippen LogP contribution in [0.25, 0.3) is 0 Å². The monoisotopic (exact) mass is 532 g/mol. The highest BCUT2D eigenvalue weighted by Crippen LogP contribution is 2.34. The molecular weight excluding hydrogens is 512 g/mol. The fraction of sp³-hybridized carbons (Fsp3) is 0.136. The van der Waals surface area contributed by atoms with Gasteiger partial charge in [0, 0.05) is 23.4 Å². The molecule has 4 rings (SSSR count). The summed E-state index contributed by atoms with van der Waals surface area (Å²) in [6, 6.07) is 14.8. The summed E-state index contributed by atoms with van der Waals surface area (Å²) in [5, 5.41) is 2.91. The Morgan fingerprint density at radius 3 is 2.78 bits per heavy atom. The number of rotatable bonds is 7. The van der Waals surface area contributed by atoms with E-state index in [1.54, 1.807) is 41.0 Å². The first kappa shape index (κ1) is 22.5. The van der Waals surface area contributed by atoms with Gasteiger partial charge in [0.2, 0.25) is 0 Å². The van der Waals surface area contributed by atoms with Crippen LogP contribution in [0.4, 0.5) is 5.69 Å². The molecule has 2 aromatic carbocycles. The molecule has 0 fully saturated rings. The third kappa shape index (κ3) is 4.87. The molecule has 0 spiro atoms. The van der Waals surface area contributed by atoms with Crippen LogP contribution in [-0.4, -0.2) is 25.2 Å². The number of sulfonamides is 1. The Labute approximate surface area is 200 Å². The Balaban J connectivity index is 1.54. The van der Waals surface area contributed by atoms with Gasteiger partial charge in [-0.1, -0.05) is 53.2 Å². The SMILES string of the molecule is C[C@H](CNC(=O)c1ccc(Br)cc1NS(=O)(=O)C1=CC=CN2SNC=C12)c1ccccc1. The molecule has 32 heavy (non-hydrogen) atoms. The van der Waals surface area contributed by atoms with E-state index in [9.17, 15) is 13.2 Å². The van der Waals surface area contributed by atoms with Crippen LogP contribution < -0.4 is 14.8 Å². The van der Waals surface area contributed by atoms with E-state index in [4.69, 9.17) is 0 Å². The molecule has 10 heteroatoms. The average Bonchev–Trinajstić information content (AvgIpc) is 3.26. The van der Waals surface area contributed by atoms with Gasteiger partial charge >= 0.3 is 0 Å². The van der Waals surface area contributed by atoms with Gasteiger partial charge in [0.25, 0.3) is 15.9 Å². The summed E-state index contributed by atoms with van der Waals surface area (Å²) < 4.78 is 34.2. The van der Waals surface area contributed by atoms with Gasteiger partial charge in [-0.05, 0) is 41.8 Å². The highest BCUT2D eigenvalue weighted by Gasteiger charge is 2.30. The molecule has 0 saturated carbocycles. The van der Waals surface area contributed by atoms with Crippen molar-refractivity contribution in [3.8, 4) is 0 Å². The van der Waals surface area contributed by atoms with E-state index >= 15 is 0 Å². The van der Waals surface area contributed by atoms with E-state index in [1.807, 2.05) is 37.3 Å². The molecule has 0 bridgehead atoms. The number of carbonyl (C=O) groups excluding carboxylic acids is 1. The predicted molar refractivity (Wildman–Crippen MR) is 132 cm³/mol. The third-order valence-electron chi connectivity index (χ3n) is 5.00. The summed E-state index contributed by atoms with van der Waals surface area (Å²) >= 11 is 4.63. The number of benzene rings is 2. The van der Waals surface area contributed by atoms with Gasteiger partial charge in [-0.25, -0.2) is 8.42 Å². The number of halogens is 1. The van der Waals surface area contributed by atoms with Crippen molar-refractivity contribution < 1.29 is 13.2 Å². The highest BCUT2D eigenvalue weighted by molar-refractivity contribution is 9.10. The van der Waals surface area contributed by atoms with Crippen molar-refractivity contribution >= 4 is 49.7 Å². The van der Waals surface area contributed by atoms with Gasteiger partial charge in [-0.2, -0.15) is 0 Å². The minimum atomic E-state index is -3.94. The lowest BCUT2D eigenvalue weighted by Gasteiger charge is -2.21. The number of amides is 1. The van der Waals surface area contributed by atoms with Crippen molar-refractivity contribution in [1.29, 1.82) is 0 Å². The second kappa shape index (κ2) is 9.43. The molecule has 0 saturated heterocycles. The minimum absolute atomic E-state index is 0.111. The maximum absolute atomic E-state index is 13.2. The molecule has 2 aliphatic heterocycles. The van der Waals surface area contributed by atoms with Gasteiger partial charge in [-0.3, -0.25) is 13.8 Å². The van der Waals surface area contributed by atoms with Gasteiger partial charge in [0.1, 0.15) is 4.91 Å². The lowest BCUT2D eigenvalue weighted by atomic mass is 10.0. The number of hydrogen-bond donors (Lipinski definition) is 3. The fourth-order valence-electron chi connectivity index (χ4n) is 3.30. The molecule has 0 aliphatic carbocycles. The molecule has 1 amide bonds. The lowest BCUT2D eigenvalue weighted by Crippen LogP contribution is -2.29. The number of anilines is 1. The van der Waals surface area contributed by atoms with Crippen molar-refractivity contribution in [3.05, 3.63) is 99.3 Å². The second-order valence-corrected chi connectivity index (χ2v) is 10.6. The topological polar surface area (TPSA) is 90.5 Å². The zero-order valence-corrected chi connectivity index (χ0v) is 20.3. The molecule has 2 heterocycles. The van der Waals surface area contributed by atoms with Crippen LogP contribution in [0.2, 0.25) is 0 Å². The molecule has 3 N–H and O–H groups in total. The van der Waals surface area contributed by atoms with Crippen molar-refractivity contribution in [2.24, 2.45) is 0 Å². The standard InChI is InChI=1S/C22H21BrN4O3S2/c1-15(16-6-3-2-4-7-16)13-24-22(28)18-10-9-17(23)12-19(18)26-32(29,30)21-8-5-11-27-20(21)14-25-31-27/h2-12,14-15,25-26H,13H2,1H3,(H,24,28)/t15-/m1/s1. The largest absolute Gasteiger partial charge is 0.351 e. The van der Waals surface area contributed by atoms with Crippen LogP contribution in [0.1, 0.15) is 28.8 Å². The molecule has 7 nitrogen and oxygen atoms in total. The van der Waals surface area contributed by atoms with Crippen molar-refractivity contribution in [2.75, 3.05) is 11.3 Å². The maximum atomic E-state index is 13.2. The van der Waals surface area contributed by atoms with E-state index in [2.05, 4.69) is 30.7 Å². The summed E-state index contributed by atoms with van der Waals surface area (Å²) in [5.74, 6) is -0.241. The molecule has 0 unspecified atom stereocenters. The predicted octanol–water partition coefficient (Wildman–Crippen LogP) is 4.45. The summed E-state index contributed by atoms with van der Waals surface area (Å²) in [7, 11) is -3.94. The van der Waals surface area contributed by atoms with E-state index in [1.165, 1.54) is 18.2 Å². The molecule has 166 valence electrons. The van der Waals surface area contributed by atoms with Crippen molar-refractivity contribution in [2.45, 2.75) is 12.8 Å². The third-order valence-corrected chi connectivity index (χ3v) is 7.65. The van der Waals surface area contributed by atoms with Gasteiger partial charge < -0.3 is 10.0 Å². The number of allylic oxidation sites excluding steroid dienone is 2. The first-order valence-corrected chi connectivity index (χ1v) is 12.9. The quantitative estimate of drug-likeness (QED) is 0.456. The maximum Gasteiger partial charge on any atom is 0.264 e. The van der Waals surface area contributed by atoms with E-state index in [0.717, 1.165) is 5.56 Å². The summed E-state index contributed by atoms with van der Waals surface area (Å²) in [4.78, 5) is 13.0. The second-order valence-electron chi connectivity index (χ2n) is 7.25. The summed E-state index contributed by atoms with van der Waals surface area (Å²) in [5.41, 5.74) is 2.07. The molecule has 0 aromatic heterocycles. The molecule has 2 aromatic rings. The Kier molecular flexibility index (Phi) is 6.63. The Hall–Kier alpha value is -2.69. The summed E-state index contributed by atoms with van der Waals surface area (Å²) in [6.45, 7) is 2.45. The molecule has 1 atom stereocenters. The first-order valence-electron chi connectivity index (χ1n) is 9.81. The molecular formula is C22H21BrN4O3S2. The van der Waals surface area contributed by atoms with Crippen LogP contribution in [0.15, 0.2) is 88.2 Å². The number of nitrogens with zero attached hydrogens (tertiary/aromatic N) is 1. The fourth-order valence-corrected chi connectivity index (χ4v) is 5.64. The van der Waals surface area contributed by atoms with E-state index in [-0.39, 0.29) is 28.0 Å². The van der Waals surface area contributed by atoms with Crippen molar-refractivity contribution in [3.63, 3.8) is 0 Å². The molecule has 2 aliphatic rings. The van der Waals surface area contributed by atoms with E-state index in [0.29, 0.717) is 16.7 Å². The van der Waals surface area contributed by atoms with Gasteiger partial charge in [0.15, 0.2) is 0 Å².